The molecular formula is C16H16BrFN2O. The molecule has 0 radical (unpaired) electrons. The van der Waals surface area contributed by atoms with Gasteiger partial charge in [-0.05, 0) is 42.8 Å². The van der Waals surface area contributed by atoms with Gasteiger partial charge in [0.15, 0.2) is 0 Å². The van der Waals surface area contributed by atoms with Crippen LogP contribution in [0.2, 0.25) is 0 Å². The lowest BCUT2D eigenvalue weighted by atomic mass is 10.1. The SMILES string of the molecule is CC(Nc1ccc(CC(N)=O)cc1)c1cc(Br)ccc1F. The molecule has 0 aromatic heterocycles. The van der Waals surface area contributed by atoms with E-state index in [1.807, 2.05) is 31.2 Å². The molecule has 0 aliphatic carbocycles. The smallest absolute Gasteiger partial charge is 0.221 e. The zero-order chi connectivity index (χ0) is 15.4. The minimum atomic E-state index is -0.361. The van der Waals surface area contributed by atoms with Gasteiger partial charge in [-0.15, -0.1) is 0 Å². The van der Waals surface area contributed by atoms with Crippen molar-refractivity contribution in [2.45, 2.75) is 19.4 Å². The molecule has 1 atom stereocenters. The van der Waals surface area contributed by atoms with E-state index in [0.717, 1.165) is 15.7 Å². The molecule has 1 amide bonds. The van der Waals surface area contributed by atoms with E-state index >= 15 is 0 Å². The van der Waals surface area contributed by atoms with Crippen LogP contribution in [0, 0.1) is 5.82 Å². The van der Waals surface area contributed by atoms with Crippen LogP contribution >= 0.6 is 15.9 Å². The van der Waals surface area contributed by atoms with Crippen molar-refractivity contribution in [3.05, 3.63) is 63.9 Å². The number of anilines is 1. The average molecular weight is 351 g/mol. The molecule has 2 rings (SSSR count). The van der Waals surface area contributed by atoms with Crippen molar-refractivity contribution in [1.29, 1.82) is 0 Å². The lowest BCUT2D eigenvalue weighted by molar-refractivity contribution is -0.117. The van der Waals surface area contributed by atoms with Crippen molar-refractivity contribution in [3.8, 4) is 0 Å². The molecule has 0 spiro atoms. The van der Waals surface area contributed by atoms with Gasteiger partial charge in [-0.2, -0.15) is 0 Å². The zero-order valence-electron chi connectivity index (χ0n) is 11.6. The summed E-state index contributed by atoms with van der Waals surface area (Å²) in [6.07, 6.45) is 0.218. The number of rotatable bonds is 5. The monoisotopic (exact) mass is 350 g/mol. The Balaban J connectivity index is 2.10. The summed E-state index contributed by atoms with van der Waals surface area (Å²) in [6, 6.07) is 12.1. The third kappa shape index (κ3) is 4.29. The first kappa shape index (κ1) is 15.5. The Morgan fingerprint density at radius 1 is 1.29 bits per heavy atom. The van der Waals surface area contributed by atoms with Crippen LogP contribution in [-0.2, 0) is 11.2 Å². The Morgan fingerprint density at radius 3 is 2.57 bits per heavy atom. The summed E-state index contributed by atoms with van der Waals surface area (Å²) in [7, 11) is 0. The van der Waals surface area contributed by atoms with Crippen molar-refractivity contribution < 1.29 is 9.18 Å². The van der Waals surface area contributed by atoms with E-state index < -0.39 is 0 Å². The van der Waals surface area contributed by atoms with Gasteiger partial charge in [0, 0.05) is 15.7 Å². The van der Waals surface area contributed by atoms with E-state index in [9.17, 15) is 9.18 Å². The second-order valence-electron chi connectivity index (χ2n) is 4.87. The summed E-state index contributed by atoms with van der Waals surface area (Å²) in [5.74, 6) is -0.608. The van der Waals surface area contributed by atoms with E-state index in [4.69, 9.17) is 5.73 Å². The zero-order valence-corrected chi connectivity index (χ0v) is 13.2. The fraction of sp³-hybridized carbons (Fsp3) is 0.188. The lowest BCUT2D eigenvalue weighted by Crippen LogP contribution is -2.13. The number of halogens is 2. The van der Waals surface area contributed by atoms with Gasteiger partial charge in [0.1, 0.15) is 5.82 Å². The summed E-state index contributed by atoms with van der Waals surface area (Å²) >= 11 is 3.34. The van der Waals surface area contributed by atoms with Gasteiger partial charge in [-0.25, -0.2) is 4.39 Å². The van der Waals surface area contributed by atoms with E-state index in [-0.39, 0.29) is 24.2 Å². The third-order valence-corrected chi connectivity index (χ3v) is 3.63. The maximum absolute atomic E-state index is 13.8. The molecule has 3 N–H and O–H groups in total. The first-order chi connectivity index (χ1) is 9.95. The van der Waals surface area contributed by atoms with Crippen molar-refractivity contribution >= 4 is 27.5 Å². The van der Waals surface area contributed by atoms with Crippen LogP contribution in [0.15, 0.2) is 46.9 Å². The first-order valence-corrected chi connectivity index (χ1v) is 7.33. The fourth-order valence-corrected chi connectivity index (χ4v) is 2.47. The van der Waals surface area contributed by atoms with Gasteiger partial charge in [0.25, 0.3) is 0 Å². The van der Waals surface area contributed by atoms with Crippen LogP contribution in [0.1, 0.15) is 24.1 Å². The molecule has 0 bridgehead atoms. The summed E-state index contributed by atoms with van der Waals surface area (Å²) in [5, 5.41) is 3.23. The highest BCUT2D eigenvalue weighted by molar-refractivity contribution is 9.10. The van der Waals surface area contributed by atoms with E-state index in [1.165, 1.54) is 6.07 Å². The number of nitrogens with one attached hydrogen (secondary N) is 1. The highest BCUT2D eigenvalue weighted by atomic mass is 79.9. The van der Waals surface area contributed by atoms with Gasteiger partial charge < -0.3 is 11.1 Å². The minimum Gasteiger partial charge on any atom is -0.378 e. The summed E-state index contributed by atoms with van der Waals surface area (Å²) in [6.45, 7) is 1.89. The minimum absolute atomic E-state index is 0.176. The van der Waals surface area contributed by atoms with Gasteiger partial charge in [0.2, 0.25) is 5.91 Å². The Kier molecular flexibility index (Phi) is 4.96. The molecule has 2 aromatic rings. The molecule has 2 aromatic carbocycles. The summed E-state index contributed by atoms with van der Waals surface area (Å²) in [5.41, 5.74) is 7.45. The highest BCUT2D eigenvalue weighted by Crippen LogP contribution is 2.25. The largest absolute Gasteiger partial charge is 0.378 e. The van der Waals surface area contributed by atoms with Gasteiger partial charge in [0.05, 0.1) is 12.5 Å². The number of amides is 1. The molecule has 5 heteroatoms. The van der Waals surface area contributed by atoms with Gasteiger partial charge in [-0.1, -0.05) is 28.1 Å². The first-order valence-electron chi connectivity index (χ1n) is 6.54. The molecule has 0 saturated carbocycles. The molecule has 1 unspecified atom stereocenters. The van der Waals surface area contributed by atoms with Crippen molar-refractivity contribution in [1.82, 2.24) is 0 Å². The predicted octanol–water partition coefficient (Wildman–Crippen LogP) is 3.79. The second-order valence-corrected chi connectivity index (χ2v) is 5.79. The standard InChI is InChI=1S/C16H16BrFN2O/c1-10(14-9-12(17)4-7-15(14)18)20-13-5-2-11(3-6-13)8-16(19)21/h2-7,9-10,20H,8H2,1H3,(H2,19,21). The van der Waals surface area contributed by atoms with Crippen LogP contribution in [0.25, 0.3) is 0 Å². The number of carbonyl (C=O) groups is 1. The molecule has 0 heterocycles. The highest BCUT2D eigenvalue weighted by Gasteiger charge is 2.11. The molecule has 0 aliphatic heterocycles. The van der Waals surface area contributed by atoms with Crippen molar-refractivity contribution in [3.63, 3.8) is 0 Å². The van der Waals surface area contributed by atoms with E-state index in [0.29, 0.717) is 5.56 Å². The lowest BCUT2D eigenvalue weighted by Gasteiger charge is -2.17. The molecule has 0 fully saturated rings. The number of benzene rings is 2. The number of nitrogens with two attached hydrogens (primary N) is 1. The average Bonchev–Trinajstić information content (AvgIpc) is 2.43. The third-order valence-electron chi connectivity index (χ3n) is 3.14. The topological polar surface area (TPSA) is 55.1 Å². The Bertz CT molecular complexity index is 643. The number of hydrogen-bond donors (Lipinski definition) is 2. The van der Waals surface area contributed by atoms with Crippen LogP contribution in [0.5, 0.6) is 0 Å². The van der Waals surface area contributed by atoms with Crippen molar-refractivity contribution in [2.24, 2.45) is 5.73 Å². The Labute approximate surface area is 131 Å². The number of primary amides is 1. The van der Waals surface area contributed by atoms with E-state index in [2.05, 4.69) is 21.2 Å². The molecule has 110 valence electrons. The van der Waals surface area contributed by atoms with Gasteiger partial charge in [-0.3, -0.25) is 4.79 Å². The van der Waals surface area contributed by atoms with Crippen LogP contribution in [0.3, 0.4) is 0 Å². The summed E-state index contributed by atoms with van der Waals surface area (Å²) in [4.78, 5) is 10.8. The number of carbonyl (C=O) groups excluding carboxylic acids is 1. The molecule has 21 heavy (non-hydrogen) atoms. The second kappa shape index (κ2) is 6.72. The van der Waals surface area contributed by atoms with Gasteiger partial charge >= 0.3 is 0 Å². The summed E-state index contributed by atoms with van der Waals surface area (Å²) < 4.78 is 14.7. The maximum Gasteiger partial charge on any atom is 0.221 e. The van der Waals surface area contributed by atoms with Crippen LogP contribution < -0.4 is 11.1 Å². The Morgan fingerprint density at radius 2 is 1.95 bits per heavy atom. The van der Waals surface area contributed by atoms with E-state index in [1.54, 1.807) is 12.1 Å². The maximum atomic E-state index is 13.8. The fourth-order valence-electron chi connectivity index (χ4n) is 2.09. The molecule has 3 nitrogen and oxygen atoms in total. The molecular weight excluding hydrogens is 335 g/mol. The quantitative estimate of drug-likeness (QED) is 0.861. The predicted molar refractivity (Wildman–Crippen MR) is 85.5 cm³/mol. The Hall–Kier alpha value is -1.88. The molecule has 0 aliphatic rings. The normalized spacial score (nSPS) is 12.0. The van der Waals surface area contributed by atoms with Crippen molar-refractivity contribution in [2.75, 3.05) is 5.32 Å². The molecule has 0 saturated heterocycles. The van der Waals surface area contributed by atoms with Crippen LogP contribution in [0.4, 0.5) is 10.1 Å². The number of hydrogen-bond acceptors (Lipinski definition) is 2. The van der Waals surface area contributed by atoms with Crippen LogP contribution in [-0.4, -0.2) is 5.91 Å².